The van der Waals surface area contributed by atoms with Crippen LogP contribution in [-0.2, 0) is 6.54 Å². The third-order valence-electron chi connectivity index (χ3n) is 5.47. The van der Waals surface area contributed by atoms with E-state index in [0.29, 0.717) is 36.3 Å². The zero-order valence-corrected chi connectivity index (χ0v) is 18.1. The Balaban J connectivity index is 1.55. The van der Waals surface area contributed by atoms with Crippen LogP contribution in [0, 0.1) is 5.92 Å². The first kappa shape index (κ1) is 21.7. The Labute approximate surface area is 194 Å². The predicted octanol–water partition coefficient (Wildman–Crippen LogP) is 4.99. The van der Waals surface area contributed by atoms with Gasteiger partial charge in [0.15, 0.2) is 11.5 Å². The Morgan fingerprint density at radius 1 is 1.06 bits per heavy atom. The summed E-state index contributed by atoms with van der Waals surface area (Å²) in [5.74, 6) is 1.22. The SMILES string of the molecule is FC(F)Oc1cccc(N(Cc2cccnc2)c2ccc(-c3nn[nH]n3)cc2)c1OCC1CC1. The number of aromatic amines is 1. The van der Waals surface area contributed by atoms with Crippen LogP contribution in [-0.4, -0.2) is 38.8 Å². The number of ether oxygens (including phenoxy) is 2. The predicted molar refractivity (Wildman–Crippen MR) is 121 cm³/mol. The molecule has 0 atom stereocenters. The lowest BCUT2D eigenvalue weighted by atomic mass is 10.1. The molecule has 2 aromatic carbocycles. The second-order valence-corrected chi connectivity index (χ2v) is 7.97. The molecule has 0 unspecified atom stereocenters. The molecule has 0 aliphatic heterocycles. The van der Waals surface area contributed by atoms with Crippen molar-refractivity contribution < 1.29 is 18.3 Å². The number of nitrogens with one attached hydrogen (secondary N) is 1. The number of H-pyrrole nitrogens is 1. The lowest BCUT2D eigenvalue weighted by Crippen LogP contribution is -2.19. The molecule has 0 saturated heterocycles. The Morgan fingerprint density at radius 2 is 1.91 bits per heavy atom. The van der Waals surface area contributed by atoms with Gasteiger partial charge >= 0.3 is 6.61 Å². The van der Waals surface area contributed by atoms with E-state index in [1.165, 1.54) is 6.07 Å². The molecule has 2 aromatic heterocycles. The van der Waals surface area contributed by atoms with Crippen molar-refractivity contribution in [2.24, 2.45) is 5.92 Å². The summed E-state index contributed by atoms with van der Waals surface area (Å²) in [7, 11) is 0. The number of rotatable bonds is 10. The maximum Gasteiger partial charge on any atom is 0.387 e. The van der Waals surface area contributed by atoms with E-state index in [0.717, 1.165) is 29.7 Å². The number of anilines is 2. The second kappa shape index (κ2) is 9.82. The van der Waals surface area contributed by atoms with E-state index in [4.69, 9.17) is 9.47 Å². The third kappa shape index (κ3) is 5.11. The highest BCUT2D eigenvalue weighted by atomic mass is 19.3. The Morgan fingerprint density at radius 3 is 2.59 bits per heavy atom. The molecule has 174 valence electrons. The molecule has 10 heteroatoms. The third-order valence-corrected chi connectivity index (χ3v) is 5.47. The molecule has 34 heavy (non-hydrogen) atoms. The van der Waals surface area contributed by atoms with Crippen LogP contribution in [0.2, 0.25) is 0 Å². The van der Waals surface area contributed by atoms with Crippen molar-refractivity contribution in [2.45, 2.75) is 26.0 Å². The van der Waals surface area contributed by atoms with Crippen LogP contribution in [0.5, 0.6) is 11.5 Å². The molecule has 0 spiro atoms. The summed E-state index contributed by atoms with van der Waals surface area (Å²) in [4.78, 5) is 6.20. The number of alkyl halides is 2. The smallest absolute Gasteiger partial charge is 0.387 e. The van der Waals surface area contributed by atoms with Crippen LogP contribution in [0.4, 0.5) is 20.2 Å². The zero-order valence-electron chi connectivity index (χ0n) is 18.1. The number of hydrogen-bond acceptors (Lipinski definition) is 7. The van der Waals surface area contributed by atoms with Crippen molar-refractivity contribution in [1.29, 1.82) is 0 Å². The monoisotopic (exact) mass is 464 g/mol. The topological polar surface area (TPSA) is 89.1 Å². The van der Waals surface area contributed by atoms with E-state index >= 15 is 0 Å². The molecule has 8 nitrogen and oxygen atoms in total. The summed E-state index contributed by atoms with van der Waals surface area (Å²) in [5, 5.41) is 14.1. The molecule has 2 heterocycles. The molecule has 4 aromatic rings. The maximum absolute atomic E-state index is 13.2. The van der Waals surface area contributed by atoms with Crippen molar-refractivity contribution in [1.82, 2.24) is 25.6 Å². The highest BCUT2D eigenvalue weighted by molar-refractivity contribution is 5.74. The number of hydrogen-bond donors (Lipinski definition) is 1. The number of aromatic nitrogens is 5. The van der Waals surface area contributed by atoms with Gasteiger partial charge in [0, 0.05) is 30.2 Å². The number of pyridine rings is 1. The molecule has 5 rings (SSSR count). The number of nitrogens with zero attached hydrogens (tertiary/aromatic N) is 5. The molecule has 1 aliphatic rings. The van der Waals surface area contributed by atoms with Gasteiger partial charge in [-0.05, 0) is 72.0 Å². The molecule has 1 N–H and O–H groups in total. The lowest BCUT2D eigenvalue weighted by molar-refractivity contribution is -0.0514. The minimum Gasteiger partial charge on any atom is -0.487 e. The van der Waals surface area contributed by atoms with Crippen LogP contribution in [0.1, 0.15) is 18.4 Å². The number of tetrazole rings is 1. The average molecular weight is 464 g/mol. The first-order valence-corrected chi connectivity index (χ1v) is 10.9. The summed E-state index contributed by atoms with van der Waals surface area (Å²) in [6.45, 7) is -2.07. The first-order valence-electron chi connectivity index (χ1n) is 10.9. The summed E-state index contributed by atoms with van der Waals surface area (Å²) in [5.41, 5.74) is 3.17. The summed E-state index contributed by atoms with van der Waals surface area (Å²) in [6, 6.07) is 16.4. The number of halogens is 2. The highest BCUT2D eigenvalue weighted by Crippen LogP contribution is 2.43. The standard InChI is InChI=1S/C24H22F2N6O2/c25-24(26)34-21-5-1-4-20(22(21)33-15-16-6-7-16)32(14-17-3-2-12-27-13-17)19-10-8-18(9-11-19)23-28-30-31-29-23/h1-5,8-13,16,24H,6-7,14-15H2,(H,28,29,30,31). The van der Waals surface area contributed by atoms with E-state index in [1.54, 1.807) is 18.5 Å². The van der Waals surface area contributed by atoms with Gasteiger partial charge in [-0.3, -0.25) is 4.98 Å². The molecule has 1 fully saturated rings. The number of para-hydroxylation sites is 1. The zero-order chi connectivity index (χ0) is 23.3. The number of benzene rings is 2. The van der Waals surface area contributed by atoms with Gasteiger partial charge < -0.3 is 14.4 Å². The van der Waals surface area contributed by atoms with Crippen molar-refractivity contribution in [2.75, 3.05) is 11.5 Å². The minimum atomic E-state index is -2.96. The lowest BCUT2D eigenvalue weighted by Gasteiger charge is -2.28. The van der Waals surface area contributed by atoms with E-state index in [1.807, 2.05) is 47.4 Å². The molecule has 1 saturated carbocycles. The van der Waals surface area contributed by atoms with Crippen molar-refractivity contribution in [3.63, 3.8) is 0 Å². The van der Waals surface area contributed by atoms with Gasteiger partial charge in [0.05, 0.1) is 12.3 Å². The van der Waals surface area contributed by atoms with Gasteiger partial charge in [-0.15, -0.1) is 10.2 Å². The van der Waals surface area contributed by atoms with Crippen LogP contribution in [0.15, 0.2) is 67.0 Å². The fraction of sp³-hybridized carbons (Fsp3) is 0.250. The molecule has 0 bridgehead atoms. The van der Waals surface area contributed by atoms with Crippen LogP contribution in [0.25, 0.3) is 11.4 Å². The van der Waals surface area contributed by atoms with Crippen LogP contribution >= 0.6 is 0 Å². The summed E-state index contributed by atoms with van der Waals surface area (Å²) < 4.78 is 37.2. The largest absolute Gasteiger partial charge is 0.487 e. The van der Waals surface area contributed by atoms with Crippen molar-refractivity contribution in [3.8, 4) is 22.9 Å². The van der Waals surface area contributed by atoms with E-state index in [2.05, 4.69) is 25.6 Å². The minimum absolute atomic E-state index is 0.00718. The first-order chi connectivity index (χ1) is 16.7. The van der Waals surface area contributed by atoms with Gasteiger partial charge in [-0.1, -0.05) is 12.1 Å². The highest BCUT2D eigenvalue weighted by Gasteiger charge is 2.26. The normalized spacial score (nSPS) is 13.1. The van der Waals surface area contributed by atoms with Gasteiger partial charge in [0.1, 0.15) is 0 Å². The van der Waals surface area contributed by atoms with Crippen LogP contribution in [0.3, 0.4) is 0 Å². The van der Waals surface area contributed by atoms with Gasteiger partial charge in [-0.25, -0.2) is 0 Å². The summed E-state index contributed by atoms with van der Waals surface area (Å²) in [6.07, 6.45) is 5.62. The fourth-order valence-electron chi connectivity index (χ4n) is 3.60. The Kier molecular flexibility index (Phi) is 6.28. The van der Waals surface area contributed by atoms with E-state index < -0.39 is 6.61 Å². The van der Waals surface area contributed by atoms with Crippen molar-refractivity contribution in [3.05, 3.63) is 72.6 Å². The van der Waals surface area contributed by atoms with Crippen molar-refractivity contribution >= 4 is 11.4 Å². The van der Waals surface area contributed by atoms with Gasteiger partial charge in [0.25, 0.3) is 0 Å². The average Bonchev–Trinajstić information content (AvgIpc) is 3.52. The maximum atomic E-state index is 13.2. The summed E-state index contributed by atoms with van der Waals surface area (Å²) >= 11 is 0. The van der Waals surface area contributed by atoms with E-state index in [-0.39, 0.29) is 5.75 Å². The molecule has 0 amide bonds. The molecular formula is C24H22F2N6O2. The molecule has 1 aliphatic carbocycles. The van der Waals surface area contributed by atoms with Crippen LogP contribution < -0.4 is 14.4 Å². The fourth-order valence-corrected chi connectivity index (χ4v) is 3.60. The Hall–Kier alpha value is -4.08. The molecule has 0 radical (unpaired) electrons. The van der Waals surface area contributed by atoms with E-state index in [9.17, 15) is 8.78 Å². The Bertz CT molecular complexity index is 1200. The second-order valence-electron chi connectivity index (χ2n) is 7.97. The quantitative estimate of drug-likeness (QED) is 0.354. The molecular weight excluding hydrogens is 442 g/mol. The van der Waals surface area contributed by atoms with Gasteiger partial charge in [-0.2, -0.15) is 14.0 Å². The van der Waals surface area contributed by atoms with Gasteiger partial charge in [0.2, 0.25) is 5.82 Å².